The van der Waals surface area contributed by atoms with E-state index in [-0.39, 0.29) is 17.7 Å². The molecule has 2 aromatic heterocycles. The van der Waals surface area contributed by atoms with Crippen molar-refractivity contribution < 1.29 is 27.4 Å². The lowest BCUT2D eigenvalue weighted by atomic mass is 9.89. The van der Waals surface area contributed by atoms with E-state index in [4.69, 9.17) is 15.2 Å². The third kappa shape index (κ3) is 5.41. The summed E-state index contributed by atoms with van der Waals surface area (Å²) in [5.74, 6) is 0.157. The summed E-state index contributed by atoms with van der Waals surface area (Å²) >= 11 is 0. The van der Waals surface area contributed by atoms with Crippen molar-refractivity contribution in [2.75, 3.05) is 12.3 Å². The number of alkyl halides is 3. The quantitative estimate of drug-likeness (QED) is 0.418. The number of nitrogens with zero attached hydrogens (tertiary/aromatic N) is 3. The Bertz CT molecular complexity index is 1360. The van der Waals surface area contributed by atoms with Crippen molar-refractivity contribution in [3.8, 4) is 16.9 Å². The molecule has 39 heavy (non-hydrogen) atoms. The van der Waals surface area contributed by atoms with Gasteiger partial charge in [0.1, 0.15) is 42.2 Å². The minimum atomic E-state index is -4.51. The van der Waals surface area contributed by atoms with E-state index in [1.807, 2.05) is 30.5 Å². The lowest BCUT2D eigenvalue weighted by Crippen LogP contribution is -2.39. The van der Waals surface area contributed by atoms with Crippen LogP contribution in [-0.2, 0) is 9.53 Å². The standard InChI is InChI=1S/C28H32F3N5O3/c29-28(30,31)13-23(37)35-18-4-6-19(7-5-18)36-14-22(24-25(32)33-16-34-26(24)36)17-2-1-3-21(12-17)38-15-27-10-8-20(39-27)9-11-27/h1-3,12,14,16,18-20H,4-11,13,15H2,(H,35,37)(H2,32,33,34)/t18-,19-,20?,27?. The van der Waals surface area contributed by atoms with E-state index in [1.165, 1.54) is 6.33 Å². The van der Waals surface area contributed by atoms with Crippen molar-refractivity contribution in [2.24, 2.45) is 0 Å². The Morgan fingerprint density at radius 3 is 2.62 bits per heavy atom. The predicted molar refractivity (Wildman–Crippen MR) is 139 cm³/mol. The van der Waals surface area contributed by atoms with Gasteiger partial charge in [-0.1, -0.05) is 12.1 Å². The first-order chi connectivity index (χ1) is 18.7. The highest BCUT2D eigenvalue weighted by Crippen LogP contribution is 2.44. The number of carbonyl (C=O) groups is 1. The first-order valence-corrected chi connectivity index (χ1v) is 13.6. The number of hydrogen-bond acceptors (Lipinski definition) is 6. The van der Waals surface area contributed by atoms with Gasteiger partial charge in [-0.25, -0.2) is 9.97 Å². The molecule has 3 fully saturated rings. The van der Waals surface area contributed by atoms with Gasteiger partial charge in [0.2, 0.25) is 5.91 Å². The van der Waals surface area contributed by atoms with Crippen LogP contribution in [0.25, 0.3) is 22.2 Å². The van der Waals surface area contributed by atoms with Gasteiger partial charge in [0, 0.05) is 23.8 Å². The first kappa shape index (κ1) is 25.9. The monoisotopic (exact) mass is 543 g/mol. The molecule has 3 N–H and O–H groups in total. The molecule has 11 heteroatoms. The summed E-state index contributed by atoms with van der Waals surface area (Å²) in [6, 6.07) is 7.68. The van der Waals surface area contributed by atoms with Gasteiger partial charge in [-0.2, -0.15) is 13.2 Å². The Morgan fingerprint density at radius 2 is 1.92 bits per heavy atom. The SMILES string of the molecule is Nc1ncnc2c1c(-c1cccc(OCC34CCC(CC3)O4)c1)cn2[C@H]1CC[C@H](NC(=O)CC(F)(F)F)CC1. The molecular weight excluding hydrogens is 511 g/mol. The Kier molecular flexibility index (Phi) is 6.65. The van der Waals surface area contributed by atoms with Crippen molar-refractivity contribution in [3.63, 3.8) is 0 Å². The molecule has 2 saturated heterocycles. The van der Waals surface area contributed by atoms with Gasteiger partial charge in [-0.05, 0) is 69.1 Å². The second-order valence-corrected chi connectivity index (χ2v) is 11.1. The summed E-state index contributed by atoms with van der Waals surface area (Å²) in [6.07, 6.45) is 4.70. The molecule has 4 heterocycles. The van der Waals surface area contributed by atoms with E-state index in [9.17, 15) is 18.0 Å². The van der Waals surface area contributed by atoms with Crippen molar-refractivity contribution in [2.45, 2.75) is 87.8 Å². The Morgan fingerprint density at radius 1 is 1.15 bits per heavy atom. The topological polar surface area (TPSA) is 104 Å². The van der Waals surface area contributed by atoms with Crippen LogP contribution in [0.3, 0.4) is 0 Å². The van der Waals surface area contributed by atoms with Gasteiger partial charge in [-0.3, -0.25) is 4.79 Å². The van der Waals surface area contributed by atoms with Crippen LogP contribution in [0, 0.1) is 0 Å². The van der Waals surface area contributed by atoms with Crippen LogP contribution in [0.1, 0.15) is 63.8 Å². The van der Waals surface area contributed by atoms with Crippen molar-refractivity contribution in [1.82, 2.24) is 19.9 Å². The van der Waals surface area contributed by atoms with Gasteiger partial charge in [-0.15, -0.1) is 0 Å². The zero-order valence-corrected chi connectivity index (χ0v) is 21.5. The molecule has 1 aromatic carbocycles. The summed E-state index contributed by atoms with van der Waals surface area (Å²) in [4.78, 5) is 20.5. The number of nitrogen functional groups attached to an aromatic ring is 1. The number of aromatic nitrogens is 3. The zero-order chi connectivity index (χ0) is 27.2. The molecule has 0 unspecified atom stereocenters. The molecule has 1 amide bonds. The predicted octanol–water partition coefficient (Wildman–Crippen LogP) is 5.32. The zero-order valence-electron chi connectivity index (χ0n) is 21.5. The largest absolute Gasteiger partial charge is 0.491 e. The van der Waals surface area contributed by atoms with E-state index >= 15 is 0 Å². The fourth-order valence-corrected chi connectivity index (χ4v) is 6.42. The molecule has 0 spiro atoms. The van der Waals surface area contributed by atoms with Crippen LogP contribution in [0.4, 0.5) is 19.0 Å². The highest BCUT2D eigenvalue weighted by atomic mass is 19.4. The van der Waals surface area contributed by atoms with Crippen LogP contribution in [0.2, 0.25) is 0 Å². The highest BCUT2D eigenvalue weighted by Gasteiger charge is 2.46. The molecule has 2 bridgehead atoms. The van der Waals surface area contributed by atoms with Crippen LogP contribution < -0.4 is 15.8 Å². The number of benzene rings is 1. The third-order valence-corrected chi connectivity index (χ3v) is 8.36. The van der Waals surface area contributed by atoms with Crippen LogP contribution in [0.15, 0.2) is 36.8 Å². The number of fused-ring (bicyclic) bond motifs is 3. The number of rotatable bonds is 7. The van der Waals surface area contributed by atoms with Crippen molar-refractivity contribution >= 4 is 22.8 Å². The molecule has 3 aliphatic rings. The van der Waals surface area contributed by atoms with E-state index in [1.54, 1.807) is 0 Å². The second kappa shape index (κ2) is 10.0. The smallest absolute Gasteiger partial charge is 0.397 e. The highest BCUT2D eigenvalue weighted by molar-refractivity contribution is 6.00. The summed E-state index contributed by atoms with van der Waals surface area (Å²) < 4.78 is 52.1. The normalized spacial score (nSPS) is 26.7. The molecule has 2 aliphatic heterocycles. The van der Waals surface area contributed by atoms with Crippen LogP contribution in [0.5, 0.6) is 5.75 Å². The number of halogens is 3. The number of carbonyl (C=O) groups excluding carboxylic acids is 1. The average Bonchev–Trinajstić information content (AvgIpc) is 3.61. The molecule has 6 rings (SSSR count). The molecule has 0 atom stereocenters. The van der Waals surface area contributed by atoms with Gasteiger partial charge in [0.05, 0.1) is 11.5 Å². The van der Waals surface area contributed by atoms with E-state index in [2.05, 4.69) is 19.9 Å². The Balaban J connectivity index is 1.20. The first-order valence-electron chi connectivity index (χ1n) is 13.6. The van der Waals surface area contributed by atoms with Gasteiger partial charge >= 0.3 is 6.18 Å². The summed E-state index contributed by atoms with van der Waals surface area (Å²) in [5.41, 5.74) is 8.70. The summed E-state index contributed by atoms with van der Waals surface area (Å²) in [7, 11) is 0. The maximum Gasteiger partial charge on any atom is 0.397 e. The molecule has 3 aromatic rings. The van der Waals surface area contributed by atoms with Crippen LogP contribution in [-0.4, -0.2) is 51.0 Å². The van der Waals surface area contributed by atoms with E-state index in [0.29, 0.717) is 49.9 Å². The van der Waals surface area contributed by atoms with Crippen molar-refractivity contribution in [3.05, 3.63) is 36.8 Å². The van der Waals surface area contributed by atoms with Gasteiger partial charge in [0.15, 0.2) is 0 Å². The fraction of sp³-hybridized carbons (Fsp3) is 0.536. The number of ether oxygens (including phenoxy) is 2. The fourth-order valence-electron chi connectivity index (χ4n) is 6.42. The molecule has 208 valence electrons. The lowest BCUT2D eigenvalue weighted by Gasteiger charge is -2.30. The molecule has 8 nitrogen and oxygen atoms in total. The van der Waals surface area contributed by atoms with Gasteiger partial charge < -0.3 is 25.1 Å². The van der Waals surface area contributed by atoms with Crippen molar-refractivity contribution in [1.29, 1.82) is 0 Å². The summed E-state index contributed by atoms with van der Waals surface area (Å²) in [6.45, 7) is 0.530. The molecule has 0 radical (unpaired) electrons. The number of nitrogens with two attached hydrogens (primary N) is 1. The number of amides is 1. The maximum atomic E-state index is 12.5. The molecule has 1 saturated carbocycles. The minimum Gasteiger partial charge on any atom is -0.491 e. The second-order valence-electron chi connectivity index (χ2n) is 11.1. The number of anilines is 1. The minimum absolute atomic E-state index is 0.0691. The number of nitrogens with one attached hydrogen (secondary N) is 1. The van der Waals surface area contributed by atoms with Crippen LogP contribution >= 0.6 is 0 Å². The number of hydrogen-bond donors (Lipinski definition) is 2. The van der Waals surface area contributed by atoms with Gasteiger partial charge in [0.25, 0.3) is 0 Å². The molecular formula is C28H32F3N5O3. The van der Waals surface area contributed by atoms with E-state index < -0.39 is 18.5 Å². The Hall–Kier alpha value is -3.34. The third-order valence-electron chi connectivity index (χ3n) is 8.36. The Labute approximate surface area is 224 Å². The maximum absolute atomic E-state index is 12.5. The lowest BCUT2D eigenvalue weighted by molar-refractivity contribution is -0.154. The van der Waals surface area contributed by atoms with E-state index in [0.717, 1.165) is 47.9 Å². The summed E-state index contributed by atoms with van der Waals surface area (Å²) in [5, 5.41) is 3.29. The molecule has 1 aliphatic carbocycles. The average molecular weight is 544 g/mol.